The van der Waals surface area contributed by atoms with E-state index in [1.54, 1.807) is 5.57 Å². The number of rotatable bonds is 4. The van der Waals surface area contributed by atoms with Gasteiger partial charge in [-0.1, -0.05) is 25.0 Å². The summed E-state index contributed by atoms with van der Waals surface area (Å²) in [6, 6.07) is 0.416. The molecule has 0 aliphatic heterocycles. The first-order valence-electron chi connectivity index (χ1n) is 5.26. The molecule has 0 bridgehead atoms. The van der Waals surface area contributed by atoms with Gasteiger partial charge in [0.05, 0.1) is 0 Å². The largest absolute Gasteiger partial charge is 0.327 e. The Morgan fingerprint density at radius 3 is 2.92 bits per heavy atom. The molecule has 0 aromatic rings. The highest BCUT2D eigenvalue weighted by atomic mass is 14.6. The van der Waals surface area contributed by atoms with E-state index in [1.165, 1.54) is 38.5 Å². The highest BCUT2D eigenvalue weighted by molar-refractivity contribution is 5.06. The lowest BCUT2D eigenvalue weighted by atomic mass is 9.93. The van der Waals surface area contributed by atoms with Crippen molar-refractivity contribution in [2.45, 2.75) is 57.9 Å². The second kappa shape index (κ2) is 5.36. The van der Waals surface area contributed by atoms with Crippen molar-refractivity contribution in [3.8, 4) is 0 Å². The molecule has 1 rings (SSSR count). The van der Waals surface area contributed by atoms with E-state index in [1.807, 2.05) is 0 Å². The molecule has 1 nitrogen and oxygen atoms in total. The Morgan fingerprint density at radius 1 is 1.50 bits per heavy atom. The maximum atomic E-state index is 5.97. The minimum absolute atomic E-state index is 0.416. The van der Waals surface area contributed by atoms with Gasteiger partial charge >= 0.3 is 0 Å². The molecular weight excluding hydrogens is 146 g/mol. The van der Waals surface area contributed by atoms with Crippen LogP contribution < -0.4 is 5.73 Å². The van der Waals surface area contributed by atoms with Gasteiger partial charge in [0.2, 0.25) is 0 Å². The molecule has 1 heteroatoms. The molecule has 0 saturated heterocycles. The first kappa shape index (κ1) is 9.79. The van der Waals surface area contributed by atoms with Crippen LogP contribution in [0, 0.1) is 0 Å². The third-order valence-electron chi connectivity index (χ3n) is 2.57. The van der Waals surface area contributed by atoms with Gasteiger partial charge in [-0.3, -0.25) is 0 Å². The van der Waals surface area contributed by atoms with Crippen LogP contribution in [0.15, 0.2) is 11.6 Å². The number of nitrogens with two attached hydrogens (primary N) is 1. The molecule has 0 amide bonds. The Bertz CT molecular complexity index is 149. The second-order valence-corrected chi connectivity index (χ2v) is 3.86. The Morgan fingerprint density at radius 2 is 2.33 bits per heavy atom. The van der Waals surface area contributed by atoms with E-state index in [-0.39, 0.29) is 0 Å². The second-order valence-electron chi connectivity index (χ2n) is 3.86. The normalized spacial score (nSPS) is 20.3. The van der Waals surface area contributed by atoms with Crippen LogP contribution in [0.5, 0.6) is 0 Å². The molecule has 0 saturated carbocycles. The Kier molecular flexibility index (Phi) is 4.37. The van der Waals surface area contributed by atoms with Gasteiger partial charge < -0.3 is 5.73 Å². The van der Waals surface area contributed by atoms with Gasteiger partial charge in [0, 0.05) is 6.04 Å². The van der Waals surface area contributed by atoms with E-state index in [2.05, 4.69) is 13.0 Å². The molecule has 0 heterocycles. The molecule has 0 spiro atoms. The Hall–Kier alpha value is -0.300. The third kappa shape index (κ3) is 3.40. The summed E-state index contributed by atoms with van der Waals surface area (Å²) in [7, 11) is 0. The predicted molar refractivity (Wildman–Crippen MR) is 54.1 cm³/mol. The van der Waals surface area contributed by atoms with Crippen molar-refractivity contribution in [1.29, 1.82) is 0 Å². The molecule has 12 heavy (non-hydrogen) atoms. The fraction of sp³-hybridized carbons (Fsp3) is 0.818. The maximum absolute atomic E-state index is 5.97. The Balaban J connectivity index is 2.24. The van der Waals surface area contributed by atoms with E-state index in [0.29, 0.717) is 6.04 Å². The van der Waals surface area contributed by atoms with Crippen LogP contribution in [0.2, 0.25) is 0 Å². The Labute approximate surface area is 76.0 Å². The van der Waals surface area contributed by atoms with Crippen LogP contribution in [-0.4, -0.2) is 6.04 Å². The van der Waals surface area contributed by atoms with Crippen LogP contribution >= 0.6 is 0 Å². The lowest BCUT2D eigenvalue weighted by Gasteiger charge is -2.16. The predicted octanol–water partition coefficient (Wildman–Crippen LogP) is 3.00. The molecule has 0 radical (unpaired) electrons. The molecule has 2 N–H and O–H groups in total. The molecule has 70 valence electrons. The molecule has 0 aromatic carbocycles. The third-order valence-corrected chi connectivity index (χ3v) is 2.57. The van der Waals surface area contributed by atoms with Crippen molar-refractivity contribution in [3.63, 3.8) is 0 Å². The minimum atomic E-state index is 0.416. The van der Waals surface area contributed by atoms with Crippen LogP contribution in [0.25, 0.3) is 0 Å². The highest BCUT2D eigenvalue weighted by Crippen LogP contribution is 2.21. The summed E-state index contributed by atoms with van der Waals surface area (Å²) in [5.74, 6) is 0. The van der Waals surface area contributed by atoms with E-state index < -0.39 is 0 Å². The van der Waals surface area contributed by atoms with Gasteiger partial charge in [-0.2, -0.15) is 0 Å². The highest BCUT2D eigenvalue weighted by Gasteiger charge is 2.07. The van der Waals surface area contributed by atoms with E-state index >= 15 is 0 Å². The fourth-order valence-electron chi connectivity index (χ4n) is 1.90. The summed E-state index contributed by atoms with van der Waals surface area (Å²) in [6.45, 7) is 2.20. The van der Waals surface area contributed by atoms with Crippen LogP contribution in [0.3, 0.4) is 0 Å². The lowest BCUT2D eigenvalue weighted by Crippen LogP contribution is -2.20. The van der Waals surface area contributed by atoms with Gasteiger partial charge in [-0.25, -0.2) is 0 Å². The fourth-order valence-corrected chi connectivity index (χ4v) is 1.90. The van der Waals surface area contributed by atoms with Crippen molar-refractivity contribution in [2.75, 3.05) is 0 Å². The molecule has 0 aromatic heterocycles. The summed E-state index contributed by atoms with van der Waals surface area (Å²) in [5.41, 5.74) is 7.59. The van der Waals surface area contributed by atoms with Gasteiger partial charge in [0.1, 0.15) is 0 Å². The van der Waals surface area contributed by atoms with Crippen molar-refractivity contribution < 1.29 is 0 Å². The van der Waals surface area contributed by atoms with E-state index in [4.69, 9.17) is 5.73 Å². The minimum Gasteiger partial charge on any atom is -0.327 e. The molecule has 1 aliphatic rings. The average Bonchev–Trinajstić information content (AvgIpc) is 2.06. The van der Waals surface area contributed by atoms with E-state index in [0.717, 1.165) is 6.42 Å². The zero-order valence-corrected chi connectivity index (χ0v) is 8.18. The van der Waals surface area contributed by atoms with Crippen LogP contribution in [0.1, 0.15) is 51.9 Å². The summed E-state index contributed by atoms with van der Waals surface area (Å²) >= 11 is 0. The van der Waals surface area contributed by atoms with Crippen LogP contribution in [0.4, 0.5) is 0 Å². The van der Waals surface area contributed by atoms with Crippen LogP contribution in [-0.2, 0) is 0 Å². The lowest BCUT2D eigenvalue weighted by molar-refractivity contribution is 0.568. The molecule has 0 fully saturated rings. The van der Waals surface area contributed by atoms with Gasteiger partial charge in [0.25, 0.3) is 0 Å². The van der Waals surface area contributed by atoms with Crippen molar-refractivity contribution >= 4 is 0 Å². The molecule has 1 aliphatic carbocycles. The standard InChI is InChI=1S/C11H21N/c1-2-6-11(12)9-10-7-4-3-5-8-10/h7,11H,2-6,8-9,12H2,1H3. The number of hydrogen-bond acceptors (Lipinski definition) is 1. The molecular formula is C11H21N. The first-order valence-corrected chi connectivity index (χ1v) is 5.26. The molecule has 1 unspecified atom stereocenters. The van der Waals surface area contributed by atoms with E-state index in [9.17, 15) is 0 Å². The van der Waals surface area contributed by atoms with Crippen molar-refractivity contribution in [2.24, 2.45) is 5.73 Å². The van der Waals surface area contributed by atoms with Crippen molar-refractivity contribution in [3.05, 3.63) is 11.6 Å². The molecule has 1 atom stereocenters. The maximum Gasteiger partial charge on any atom is 0.00759 e. The monoisotopic (exact) mass is 167 g/mol. The topological polar surface area (TPSA) is 26.0 Å². The summed E-state index contributed by atoms with van der Waals surface area (Å²) < 4.78 is 0. The average molecular weight is 167 g/mol. The quantitative estimate of drug-likeness (QED) is 0.640. The zero-order chi connectivity index (χ0) is 8.81. The van der Waals surface area contributed by atoms with Gasteiger partial charge in [-0.05, 0) is 38.5 Å². The van der Waals surface area contributed by atoms with Crippen molar-refractivity contribution in [1.82, 2.24) is 0 Å². The number of allylic oxidation sites excluding steroid dienone is 1. The summed E-state index contributed by atoms with van der Waals surface area (Å²) in [5, 5.41) is 0. The zero-order valence-electron chi connectivity index (χ0n) is 8.18. The summed E-state index contributed by atoms with van der Waals surface area (Å²) in [4.78, 5) is 0. The smallest absolute Gasteiger partial charge is 0.00759 e. The number of hydrogen-bond donors (Lipinski definition) is 1. The van der Waals surface area contributed by atoms with Gasteiger partial charge in [-0.15, -0.1) is 0 Å². The first-order chi connectivity index (χ1) is 5.83. The van der Waals surface area contributed by atoms with Gasteiger partial charge in [0.15, 0.2) is 0 Å². The SMILES string of the molecule is CCCC(N)CC1=CCCCC1. The summed E-state index contributed by atoms with van der Waals surface area (Å²) in [6.07, 6.45) is 11.3.